The molecular formula is C17H19N7OS. The van der Waals surface area contributed by atoms with Crippen LogP contribution < -0.4 is 5.32 Å². The van der Waals surface area contributed by atoms with Crippen LogP contribution in [-0.4, -0.2) is 69.2 Å². The van der Waals surface area contributed by atoms with Crippen molar-refractivity contribution in [1.82, 2.24) is 30.0 Å². The van der Waals surface area contributed by atoms with E-state index in [0.29, 0.717) is 5.82 Å². The highest BCUT2D eigenvalue weighted by atomic mass is 32.1. The Labute approximate surface area is 154 Å². The zero-order valence-corrected chi connectivity index (χ0v) is 15.5. The van der Waals surface area contributed by atoms with Crippen LogP contribution in [-0.2, 0) is 0 Å². The van der Waals surface area contributed by atoms with E-state index in [2.05, 4.69) is 37.4 Å². The number of aryl methyl sites for hydroxylation is 1. The number of likely N-dealkylation sites (N-methyl/N-ethyl adjacent to an activating group) is 1. The van der Waals surface area contributed by atoms with Crippen molar-refractivity contribution >= 4 is 34.1 Å². The third kappa shape index (κ3) is 3.49. The molecule has 1 N–H and O–H groups in total. The molecule has 1 fully saturated rings. The van der Waals surface area contributed by atoms with Crippen molar-refractivity contribution in [3.63, 3.8) is 0 Å². The van der Waals surface area contributed by atoms with E-state index in [1.54, 1.807) is 12.4 Å². The molecule has 4 heterocycles. The molecule has 26 heavy (non-hydrogen) atoms. The minimum absolute atomic E-state index is 0.117. The number of rotatable bonds is 2. The number of hydrogen-bond acceptors (Lipinski definition) is 7. The van der Waals surface area contributed by atoms with Gasteiger partial charge in [0.2, 0.25) is 0 Å². The van der Waals surface area contributed by atoms with Crippen molar-refractivity contribution in [1.29, 1.82) is 0 Å². The quantitative estimate of drug-likeness (QED) is 0.745. The van der Waals surface area contributed by atoms with Gasteiger partial charge >= 0.3 is 6.03 Å². The van der Waals surface area contributed by atoms with Crippen LogP contribution in [0.25, 0.3) is 21.5 Å². The van der Waals surface area contributed by atoms with Gasteiger partial charge in [0.05, 0.1) is 11.7 Å². The second-order valence-electron chi connectivity index (χ2n) is 6.33. The van der Waals surface area contributed by atoms with Crippen LogP contribution in [0.15, 0.2) is 24.5 Å². The normalized spacial score (nSPS) is 15.4. The number of amides is 2. The Bertz CT molecular complexity index is 949. The number of pyridine rings is 2. The van der Waals surface area contributed by atoms with E-state index in [1.165, 1.54) is 11.3 Å². The van der Waals surface area contributed by atoms with Gasteiger partial charge in [0, 0.05) is 43.3 Å². The summed E-state index contributed by atoms with van der Waals surface area (Å²) in [5, 5.41) is 13.7. The Morgan fingerprint density at radius 2 is 1.92 bits per heavy atom. The van der Waals surface area contributed by atoms with Crippen molar-refractivity contribution < 1.29 is 4.79 Å². The fraction of sp³-hybridized carbons (Fsp3) is 0.353. The number of urea groups is 1. The fourth-order valence-electron chi connectivity index (χ4n) is 2.83. The monoisotopic (exact) mass is 369 g/mol. The zero-order valence-electron chi connectivity index (χ0n) is 14.6. The number of carbonyl (C=O) groups is 1. The molecule has 0 saturated carbocycles. The van der Waals surface area contributed by atoms with Crippen LogP contribution in [0.2, 0.25) is 0 Å². The van der Waals surface area contributed by atoms with Gasteiger partial charge in [-0.25, -0.2) is 9.78 Å². The van der Waals surface area contributed by atoms with E-state index in [1.807, 2.05) is 24.0 Å². The average molecular weight is 369 g/mol. The van der Waals surface area contributed by atoms with Crippen molar-refractivity contribution in [2.75, 3.05) is 38.5 Å². The number of fused-ring (bicyclic) bond motifs is 1. The number of nitrogens with one attached hydrogen (secondary N) is 1. The minimum atomic E-state index is -0.117. The summed E-state index contributed by atoms with van der Waals surface area (Å²) in [6, 6.07) is 3.72. The SMILES string of the molecule is Cc1nnc(-c2cnc3cnc(NC(=O)N4CCN(C)CC4)cc3c2)s1. The molecule has 3 aromatic rings. The maximum Gasteiger partial charge on any atom is 0.323 e. The van der Waals surface area contributed by atoms with Crippen LogP contribution >= 0.6 is 11.3 Å². The van der Waals surface area contributed by atoms with E-state index in [0.717, 1.165) is 52.7 Å². The second-order valence-corrected chi connectivity index (χ2v) is 7.51. The number of aromatic nitrogens is 4. The summed E-state index contributed by atoms with van der Waals surface area (Å²) in [5.41, 5.74) is 1.68. The smallest absolute Gasteiger partial charge is 0.322 e. The lowest BCUT2D eigenvalue weighted by atomic mass is 10.2. The molecule has 0 radical (unpaired) electrons. The van der Waals surface area contributed by atoms with Crippen molar-refractivity contribution in [2.45, 2.75) is 6.92 Å². The molecule has 134 valence electrons. The average Bonchev–Trinajstić information content (AvgIpc) is 3.08. The molecule has 0 bridgehead atoms. The van der Waals surface area contributed by atoms with E-state index < -0.39 is 0 Å². The summed E-state index contributed by atoms with van der Waals surface area (Å²) in [5.74, 6) is 0.522. The van der Waals surface area contributed by atoms with E-state index in [9.17, 15) is 4.79 Å². The molecule has 0 spiro atoms. The number of anilines is 1. The summed E-state index contributed by atoms with van der Waals surface area (Å²) in [4.78, 5) is 25.2. The molecule has 3 aromatic heterocycles. The lowest BCUT2D eigenvalue weighted by Crippen LogP contribution is -2.48. The Balaban J connectivity index is 1.55. The van der Waals surface area contributed by atoms with Gasteiger partial charge in [-0.15, -0.1) is 10.2 Å². The number of piperazine rings is 1. The summed E-state index contributed by atoms with van der Waals surface area (Å²) in [7, 11) is 2.06. The molecule has 1 aliphatic heterocycles. The molecule has 0 atom stereocenters. The highest BCUT2D eigenvalue weighted by Gasteiger charge is 2.19. The maximum absolute atomic E-state index is 12.4. The minimum Gasteiger partial charge on any atom is -0.322 e. The molecule has 0 aliphatic carbocycles. The first-order valence-electron chi connectivity index (χ1n) is 8.39. The number of hydrogen-bond donors (Lipinski definition) is 1. The molecule has 1 aliphatic rings. The highest BCUT2D eigenvalue weighted by molar-refractivity contribution is 7.14. The summed E-state index contributed by atoms with van der Waals surface area (Å²) in [6.07, 6.45) is 3.44. The van der Waals surface area contributed by atoms with Gasteiger partial charge < -0.3 is 9.80 Å². The van der Waals surface area contributed by atoms with E-state index in [-0.39, 0.29) is 6.03 Å². The Kier molecular flexibility index (Phi) is 4.48. The first kappa shape index (κ1) is 16.8. The van der Waals surface area contributed by atoms with Crippen LogP contribution in [0.3, 0.4) is 0 Å². The second kappa shape index (κ2) is 6.93. The largest absolute Gasteiger partial charge is 0.323 e. The molecule has 2 amide bonds. The van der Waals surface area contributed by atoms with Crippen LogP contribution in [0.5, 0.6) is 0 Å². The maximum atomic E-state index is 12.4. The van der Waals surface area contributed by atoms with Crippen LogP contribution in [0.1, 0.15) is 5.01 Å². The third-order valence-corrected chi connectivity index (χ3v) is 5.25. The van der Waals surface area contributed by atoms with Crippen molar-refractivity contribution in [3.05, 3.63) is 29.5 Å². The third-order valence-electron chi connectivity index (χ3n) is 4.37. The highest BCUT2D eigenvalue weighted by Crippen LogP contribution is 2.26. The Hall–Kier alpha value is -2.65. The zero-order chi connectivity index (χ0) is 18.1. The van der Waals surface area contributed by atoms with Gasteiger partial charge in [0.15, 0.2) is 0 Å². The molecule has 4 rings (SSSR count). The summed E-state index contributed by atoms with van der Waals surface area (Å²) < 4.78 is 0. The molecule has 1 saturated heterocycles. The van der Waals surface area contributed by atoms with Gasteiger partial charge in [-0.1, -0.05) is 11.3 Å². The first-order valence-corrected chi connectivity index (χ1v) is 9.21. The van der Waals surface area contributed by atoms with Gasteiger partial charge in [0.25, 0.3) is 0 Å². The molecule has 9 heteroatoms. The number of nitrogens with zero attached hydrogens (tertiary/aromatic N) is 6. The van der Waals surface area contributed by atoms with E-state index in [4.69, 9.17) is 0 Å². The fourth-order valence-corrected chi connectivity index (χ4v) is 3.50. The van der Waals surface area contributed by atoms with Crippen LogP contribution in [0, 0.1) is 6.92 Å². The van der Waals surface area contributed by atoms with Gasteiger partial charge in [0.1, 0.15) is 15.8 Å². The summed E-state index contributed by atoms with van der Waals surface area (Å²) in [6.45, 7) is 5.13. The first-order chi connectivity index (χ1) is 12.6. The predicted molar refractivity (Wildman–Crippen MR) is 101 cm³/mol. The van der Waals surface area contributed by atoms with Crippen molar-refractivity contribution in [3.8, 4) is 10.6 Å². The molecule has 8 nitrogen and oxygen atoms in total. The summed E-state index contributed by atoms with van der Waals surface area (Å²) >= 11 is 1.52. The lowest BCUT2D eigenvalue weighted by molar-refractivity contribution is 0.164. The standard InChI is InChI=1S/C17H19N7OS/c1-11-21-22-16(26-11)13-7-12-8-15(19-10-14(12)18-9-13)20-17(25)24-5-3-23(2)4-6-24/h7-10H,3-6H2,1-2H3,(H,19,20,25). The van der Waals surface area contributed by atoms with Crippen molar-refractivity contribution in [2.24, 2.45) is 0 Å². The molecular weight excluding hydrogens is 350 g/mol. The van der Waals surface area contributed by atoms with Gasteiger partial charge in [-0.2, -0.15) is 0 Å². The van der Waals surface area contributed by atoms with Crippen LogP contribution in [0.4, 0.5) is 10.6 Å². The van der Waals surface area contributed by atoms with E-state index >= 15 is 0 Å². The Morgan fingerprint density at radius 3 is 2.65 bits per heavy atom. The molecule has 0 aromatic carbocycles. The number of carbonyl (C=O) groups excluding carboxylic acids is 1. The molecule has 0 unspecified atom stereocenters. The topological polar surface area (TPSA) is 87.1 Å². The Morgan fingerprint density at radius 1 is 1.12 bits per heavy atom. The van der Waals surface area contributed by atoms with Gasteiger partial charge in [-0.3, -0.25) is 10.3 Å². The predicted octanol–water partition coefficient (Wildman–Crippen LogP) is 2.24. The lowest BCUT2D eigenvalue weighted by Gasteiger charge is -2.32. The van der Waals surface area contributed by atoms with Gasteiger partial charge in [-0.05, 0) is 26.1 Å².